The predicted octanol–water partition coefficient (Wildman–Crippen LogP) is 4.83. The van der Waals surface area contributed by atoms with Crippen LogP contribution in [0.15, 0.2) is 62.8 Å². The fourth-order valence-electron chi connectivity index (χ4n) is 1.14. The van der Waals surface area contributed by atoms with E-state index in [0.29, 0.717) is 0 Å². The molecule has 0 bridgehead atoms. The zero-order valence-corrected chi connectivity index (χ0v) is 11.6. The van der Waals surface area contributed by atoms with Gasteiger partial charge in [-0.2, -0.15) is 0 Å². The maximum atomic E-state index is 5.63. The molecule has 16 heavy (non-hydrogen) atoms. The van der Waals surface area contributed by atoms with Crippen molar-refractivity contribution in [3.05, 3.63) is 53.0 Å². The number of hydrogen-bond acceptors (Lipinski definition) is 3. The van der Waals surface area contributed by atoms with Crippen LogP contribution in [-0.2, 0) is 0 Å². The number of halogens is 1. The summed E-state index contributed by atoms with van der Waals surface area (Å²) in [4.78, 5) is 2.44. The lowest BCUT2D eigenvalue weighted by atomic mass is 10.3. The van der Waals surface area contributed by atoms with Gasteiger partial charge in [0.05, 0.1) is 0 Å². The Hall–Kier alpha value is -0.580. The summed E-state index contributed by atoms with van der Waals surface area (Å²) >= 11 is 3.46. The highest BCUT2D eigenvalue weighted by atomic mass is 79.9. The summed E-state index contributed by atoms with van der Waals surface area (Å²) in [6, 6.07) is 16.2. The Balaban J connectivity index is 1.99. The molecule has 0 saturated carbocycles. The minimum Gasteiger partial charge on any atom is -0.399 e. The number of nitrogens with two attached hydrogens (primary N) is 1. The molecule has 0 saturated heterocycles. The van der Waals surface area contributed by atoms with Gasteiger partial charge in [-0.15, -0.1) is 0 Å². The van der Waals surface area contributed by atoms with Gasteiger partial charge in [-0.05, 0) is 42.5 Å². The summed E-state index contributed by atoms with van der Waals surface area (Å²) in [7, 11) is 3.47. The van der Waals surface area contributed by atoms with Crippen LogP contribution in [0.1, 0.15) is 0 Å². The Bertz CT molecular complexity index is 471. The Morgan fingerprint density at radius 1 is 0.875 bits per heavy atom. The molecular weight excluding hydrogens is 302 g/mol. The van der Waals surface area contributed by atoms with Crippen molar-refractivity contribution in [2.75, 3.05) is 5.73 Å². The van der Waals surface area contributed by atoms with Crippen LogP contribution in [-0.4, -0.2) is 0 Å². The first-order valence-electron chi connectivity index (χ1n) is 4.70. The smallest absolute Gasteiger partial charge is 0.0314 e. The van der Waals surface area contributed by atoms with Crippen molar-refractivity contribution in [2.24, 2.45) is 0 Å². The lowest BCUT2D eigenvalue weighted by molar-refractivity contribution is 1.44. The molecule has 1 nitrogen and oxygen atoms in total. The molecule has 0 aliphatic carbocycles. The molecule has 0 aromatic heterocycles. The summed E-state index contributed by atoms with van der Waals surface area (Å²) in [6.07, 6.45) is 0. The Morgan fingerprint density at radius 3 is 2.25 bits per heavy atom. The third-order valence-electron chi connectivity index (χ3n) is 1.91. The van der Waals surface area contributed by atoms with Gasteiger partial charge in [0.25, 0.3) is 0 Å². The third-order valence-corrected chi connectivity index (χ3v) is 4.80. The zero-order chi connectivity index (χ0) is 11.4. The van der Waals surface area contributed by atoms with E-state index in [-0.39, 0.29) is 0 Å². The summed E-state index contributed by atoms with van der Waals surface area (Å²) in [5.41, 5.74) is 6.43. The van der Waals surface area contributed by atoms with Crippen molar-refractivity contribution in [3.63, 3.8) is 0 Å². The topological polar surface area (TPSA) is 26.0 Å². The number of rotatable bonds is 3. The van der Waals surface area contributed by atoms with E-state index in [9.17, 15) is 0 Å². The molecule has 0 unspecified atom stereocenters. The number of hydrogen-bond donors (Lipinski definition) is 1. The van der Waals surface area contributed by atoms with Crippen LogP contribution in [0.2, 0.25) is 0 Å². The zero-order valence-electron chi connectivity index (χ0n) is 8.39. The minimum atomic E-state index is 0.803. The van der Waals surface area contributed by atoms with Crippen LogP contribution in [0.3, 0.4) is 0 Å². The molecule has 4 heteroatoms. The van der Waals surface area contributed by atoms with Crippen molar-refractivity contribution < 1.29 is 0 Å². The second kappa shape index (κ2) is 5.66. The van der Waals surface area contributed by atoms with Gasteiger partial charge in [0.1, 0.15) is 0 Å². The van der Waals surface area contributed by atoms with Crippen LogP contribution in [0.25, 0.3) is 0 Å². The average molecular weight is 312 g/mol. The molecule has 2 aromatic carbocycles. The van der Waals surface area contributed by atoms with E-state index in [1.54, 1.807) is 21.6 Å². The highest BCUT2D eigenvalue weighted by molar-refractivity contribution is 9.10. The highest BCUT2D eigenvalue weighted by Gasteiger charge is 1.98. The standard InChI is InChI=1S/C12H10BrNS2/c13-9-2-1-3-12(8-9)16-15-11-6-4-10(14)5-7-11/h1-8H,14H2. The van der Waals surface area contributed by atoms with Gasteiger partial charge in [0, 0.05) is 20.0 Å². The molecule has 0 atom stereocenters. The van der Waals surface area contributed by atoms with Gasteiger partial charge in [-0.3, -0.25) is 0 Å². The molecule has 2 N–H and O–H groups in total. The van der Waals surface area contributed by atoms with Gasteiger partial charge < -0.3 is 5.73 Å². The van der Waals surface area contributed by atoms with Gasteiger partial charge in [-0.25, -0.2) is 0 Å². The lowest BCUT2D eigenvalue weighted by Crippen LogP contribution is -1.81. The molecule has 0 spiro atoms. The van der Waals surface area contributed by atoms with Crippen LogP contribution in [0.4, 0.5) is 5.69 Å². The molecule has 0 fully saturated rings. The average Bonchev–Trinajstić information content (AvgIpc) is 2.28. The monoisotopic (exact) mass is 311 g/mol. The van der Waals surface area contributed by atoms with Crippen molar-refractivity contribution in [1.29, 1.82) is 0 Å². The van der Waals surface area contributed by atoms with E-state index in [0.717, 1.165) is 10.2 Å². The van der Waals surface area contributed by atoms with Crippen molar-refractivity contribution >= 4 is 43.2 Å². The third kappa shape index (κ3) is 3.47. The molecule has 0 aliphatic rings. The number of nitrogen functional groups attached to an aromatic ring is 1. The van der Waals surface area contributed by atoms with E-state index in [2.05, 4.69) is 28.1 Å². The molecule has 2 aromatic rings. The SMILES string of the molecule is Nc1ccc(SSc2cccc(Br)c2)cc1. The predicted molar refractivity (Wildman–Crippen MR) is 76.7 cm³/mol. The summed E-state index contributed by atoms with van der Waals surface area (Å²) in [5, 5.41) is 0. The fraction of sp³-hybridized carbons (Fsp3) is 0. The molecule has 0 aliphatic heterocycles. The molecule has 0 radical (unpaired) electrons. The quantitative estimate of drug-likeness (QED) is 0.649. The van der Waals surface area contributed by atoms with E-state index in [1.165, 1.54) is 9.79 Å². The fourth-order valence-corrected chi connectivity index (χ4v) is 3.66. The van der Waals surface area contributed by atoms with E-state index in [1.807, 2.05) is 36.4 Å². The van der Waals surface area contributed by atoms with Crippen molar-refractivity contribution in [2.45, 2.75) is 9.79 Å². The van der Waals surface area contributed by atoms with Crippen LogP contribution < -0.4 is 5.73 Å². The summed E-state index contributed by atoms with van der Waals surface area (Å²) < 4.78 is 1.11. The molecule has 0 amide bonds. The Kier molecular flexibility index (Phi) is 4.21. The normalized spacial score (nSPS) is 10.3. The highest BCUT2D eigenvalue weighted by Crippen LogP contribution is 2.38. The minimum absolute atomic E-state index is 0.803. The Morgan fingerprint density at radius 2 is 1.56 bits per heavy atom. The van der Waals surface area contributed by atoms with Crippen molar-refractivity contribution in [3.8, 4) is 0 Å². The second-order valence-corrected chi connectivity index (χ2v) is 6.38. The first kappa shape index (κ1) is 11.9. The van der Waals surface area contributed by atoms with Crippen LogP contribution >= 0.6 is 37.5 Å². The number of anilines is 1. The first-order chi connectivity index (χ1) is 7.74. The molecule has 82 valence electrons. The molecule has 0 heterocycles. The second-order valence-electron chi connectivity index (χ2n) is 3.19. The molecular formula is C12H10BrNS2. The van der Waals surface area contributed by atoms with Gasteiger partial charge >= 0.3 is 0 Å². The summed E-state index contributed by atoms with van der Waals surface area (Å²) in [5.74, 6) is 0. The number of benzene rings is 2. The first-order valence-corrected chi connectivity index (χ1v) is 7.64. The van der Waals surface area contributed by atoms with Gasteiger partial charge in [0.15, 0.2) is 0 Å². The summed E-state index contributed by atoms with van der Waals surface area (Å²) in [6.45, 7) is 0. The van der Waals surface area contributed by atoms with Gasteiger partial charge in [-0.1, -0.05) is 43.6 Å². The van der Waals surface area contributed by atoms with E-state index in [4.69, 9.17) is 5.73 Å². The van der Waals surface area contributed by atoms with Crippen molar-refractivity contribution in [1.82, 2.24) is 0 Å². The lowest BCUT2D eigenvalue weighted by Gasteiger charge is -2.02. The maximum Gasteiger partial charge on any atom is 0.0314 e. The van der Waals surface area contributed by atoms with Crippen LogP contribution in [0.5, 0.6) is 0 Å². The van der Waals surface area contributed by atoms with Gasteiger partial charge in [0.2, 0.25) is 0 Å². The van der Waals surface area contributed by atoms with E-state index < -0.39 is 0 Å². The Labute approximate surface area is 111 Å². The maximum absolute atomic E-state index is 5.63. The van der Waals surface area contributed by atoms with Crippen LogP contribution in [0, 0.1) is 0 Å². The molecule has 2 rings (SSSR count). The van der Waals surface area contributed by atoms with E-state index >= 15 is 0 Å². The largest absolute Gasteiger partial charge is 0.399 e.